The highest BCUT2D eigenvalue weighted by Crippen LogP contribution is 2.28. The number of hydrogen-bond acceptors (Lipinski definition) is 5. The number of carbonyl (C=O) groups excluding carboxylic acids is 1. The van der Waals surface area contributed by atoms with Gasteiger partial charge in [0, 0.05) is 36.4 Å². The molecule has 0 saturated heterocycles. The molecule has 0 fully saturated rings. The predicted octanol–water partition coefficient (Wildman–Crippen LogP) is 3.28. The summed E-state index contributed by atoms with van der Waals surface area (Å²) in [6.45, 7) is 1.46. The Bertz CT molecular complexity index is 1220. The van der Waals surface area contributed by atoms with Gasteiger partial charge in [-0.05, 0) is 42.5 Å². The van der Waals surface area contributed by atoms with Crippen molar-refractivity contribution < 1.29 is 9.21 Å². The second-order valence-electron chi connectivity index (χ2n) is 6.21. The van der Waals surface area contributed by atoms with Crippen LogP contribution >= 0.6 is 12.4 Å². The lowest BCUT2D eigenvalue weighted by Crippen LogP contribution is -2.24. The Labute approximate surface area is 166 Å². The summed E-state index contributed by atoms with van der Waals surface area (Å²) in [5.41, 5.74) is 2.57. The molecular formula is C20H16ClN5O2. The van der Waals surface area contributed by atoms with Crippen molar-refractivity contribution in [2.24, 2.45) is 4.99 Å². The highest BCUT2D eigenvalue weighted by molar-refractivity contribution is 5.95. The van der Waals surface area contributed by atoms with Crippen molar-refractivity contribution in [2.45, 2.75) is 6.54 Å². The number of fused-ring (bicyclic) bond motifs is 3. The van der Waals surface area contributed by atoms with Crippen molar-refractivity contribution in [3.63, 3.8) is 0 Å². The number of anilines is 1. The van der Waals surface area contributed by atoms with E-state index >= 15 is 0 Å². The molecule has 0 saturated carbocycles. The number of pyridine rings is 1. The Hall–Kier alpha value is -3.45. The van der Waals surface area contributed by atoms with Crippen molar-refractivity contribution >= 4 is 35.0 Å². The maximum absolute atomic E-state index is 12.5. The van der Waals surface area contributed by atoms with Crippen LogP contribution in [-0.2, 0) is 6.54 Å². The molecule has 0 atom stereocenters. The molecule has 1 aliphatic rings. The molecule has 0 radical (unpaired) electrons. The second-order valence-corrected chi connectivity index (χ2v) is 6.21. The van der Waals surface area contributed by atoms with E-state index in [2.05, 4.69) is 20.3 Å². The SMILES string of the molecule is Cl.O=C(N=c1nc2ccc(-c3ccco3)cc2c2n1CCN2)c1cccnc1. The van der Waals surface area contributed by atoms with E-state index in [-0.39, 0.29) is 18.3 Å². The zero-order valence-electron chi connectivity index (χ0n) is 14.7. The van der Waals surface area contributed by atoms with Gasteiger partial charge in [-0.25, -0.2) is 4.98 Å². The van der Waals surface area contributed by atoms with E-state index in [0.29, 0.717) is 17.7 Å². The van der Waals surface area contributed by atoms with Gasteiger partial charge in [-0.3, -0.25) is 14.3 Å². The number of hydrogen-bond donors (Lipinski definition) is 1. The quantitative estimate of drug-likeness (QED) is 0.565. The average Bonchev–Trinajstić information content (AvgIpc) is 3.41. The number of benzene rings is 1. The van der Waals surface area contributed by atoms with E-state index in [1.54, 1.807) is 24.6 Å². The molecule has 0 aliphatic carbocycles. The fourth-order valence-corrected chi connectivity index (χ4v) is 3.25. The van der Waals surface area contributed by atoms with Gasteiger partial charge in [0.2, 0.25) is 5.62 Å². The van der Waals surface area contributed by atoms with Crippen LogP contribution in [0, 0.1) is 0 Å². The van der Waals surface area contributed by atoms with Crippen LogP contribution in [0.25, 0.3) is 22.2 Å². The molecule has 4 heterocycles. The Morgan fingerprint density at radius 1 is 1.21 bits per heavy atom. The summed E-state index contributed by atoms with van der Waals surface area (Å²) < 4.78 is 7.43. The molecule has 0 spiro atoms. The lowest BCUT2D eigenvalue weighted by Gasteiger charge is -2.09. The maximum Gasteiger partial charge on any atom is 0.281 e. The van der Waals surface area contributed by atoms with E-state index in [1.165, 1.54) is 6.20 Å². The monoisotopic (exact) mass is 393 g/mol. The summed E-state index contributed by atoms with van der Waals surface area (Å²) in [5, 5.41) is 4.34. The van der Waals surface area contributed by atoms with Crippen LogP contribution in [0.5, 0.6) is 0 Å². The minimum Gasteiger partial charge on any atom is -0.464 e. The Morgan fingerprint density at radius 3 is 2.93 bits per heavy atom. The summed E-state index contributed by atoms with van der Waals surface area (Å²) in [4.78, 5) is 25.3. The molecule has 5 rings (SSSR count). The van der Waals surface area contributed by atoms with E-state index in [1.807, 2.05) is 34.9 Å². The minimum atomic E-state index is -0.358. The van der Waals surface area contributed by atoms with E-state index in [4.69, 9.17) is 4.42 Å². The van der Waals surface area contributed by atoms with Crippen LogP contribution in [0.3, 0.4) is 0 Å². The van der Waals surface area contributed by atoms with Gasteiger partial charge >= 0.3 is 0 Å². The Kier molecular flexibility index (Phi) is 4.67. The first-order valence-electron chi connectivity index (χ1n) is 8.61. The summed E-state index contributed by atoms with van der Waals surface area (Å²) in [5.74, 6) is 1.35. The highest BCUT2D eigenvalue weighted by Gasteiger charge is 2.17. The van der Waals surface area contributed by atoms with Gasteiger partial charge in [0.25, 0.3) is 5.91 Å². The van der Waals surface area contributed by atoms with Gasteiger partial charge < -0.3 is 9.73 Å². The first-order chi connectivity index (χ1) is 13.3. The van der Waals surface area contributed by atoms with Gasteiger partial charge in [0.05, 0.1) is 17.3 Å². The zero-order valence-corrected chi connectivity index (χ0v) is 15.5. The Morgan fingerprint density at radius 2 is 2.14 bits per heavy atom. The third-order valence-electron chi connectivity index (χ3n) is 4.53. The maximum atomic E-state index is 12.5. The molecule has 7 nitrogen and oxygen atoms in total. The number of furan rings is 1. The molecular weight excluding hydrogens is 378 g/mol. The number of halogens is 1. The molecule has 140 valence electrons. The summed E-state index contributed by atoms with van der Waals surface area (Å²) in [7, 11) is 0. The topological polar surface area (TPSA) is 85.3 Å². The minimum absolute atomic E-state index is 0. The van der Waals surface area contributed by atoms with E-state index in [9.17, 15) is 4.79 Å². The van der Waals surface area contributed by atoms with Crippen molar-refractivity contribution in [1.82, 2.24) is 14.5 Å². The summed E-state index contributed by atoms with van der Waals surface area (Å²) >= 11 is 0. The second kappa shape index (κ2) is 7.28. The third kappa shape index (κ3) is 3.05. The zero-order chi connectivity index (χ0) is 18.2. The molecule has 1 N–H and O–H groups in total. The van der Waals surface area contributed by atoms with Gasteiger partial charge in [-0.15, -0.1) is 12.4 Å². The number of amides is 1. The standard InChI is InChI=1S/C20H15N5O2.ClH/c26-19(14-3-1-7-21-12-14)24-20-23-16-6-5-13(17-4-2-10-27-17)11-15(16)18-22-8-9-25(18)20;/h1-7,10-12,22H,8-9H2;1H. The van der Waals surface area contributed by atoms with E-state index in [0.717, 1.165) is 34.6 Å². The molecule has 0 bridgehead atoms. The van der Waals surface area contributed by atoms with Crippen molar-refractivity contribution in [3.05, 3.63) is 72.3 Å². The molecule has 1 aliphatic heterocycles. The molecule has 1 amide bonds. The molecule has 4 aromatic rings. The number of rotatable bonds is 2. The van der Waals surface area contributed by atoms with Crippen LogP contribution in [0.2, 0.25) is 0 Å². The molecule has 1 aromatic carbocycles. The normalized spacial score (nSPS) is 13.1. The summed E-state index contributed by atoms with van der Waals surface area (Å²) in [6, 6.07) is 13.1. The van der Waals surface area contributed by atoms with Gasteiger partial charge in [-0.1, -0.05) is 0 Å². The van der Waals surface area contributed by atoms with Crippen molar-refractivity contribution in [2.75, 3.05) is 11.9 Å². The Balaban J connectivity index is 0.00000192. The average molecular weight is 394 g/mol. The lowest BCUT2D eigenvalue weighted by molar-refractivity contribution is 0.0996. The first-order valence-corrected chi connectivity index (χ1v) is 8.61. The third-order valence-corrected chi connectivity index (χ3v) is 4.53. The largest absolute Gasteiger partial charge is 0.464 e. The first kappa shape index (κ1) is 17.9. The van der Waals surface area contributed by atoms with Crippen molar-refractivity contribution in [1.29, 1.82) is 0 Å². The fourth-order valence-electron chi connectivity index (χ4n) is 3.25. The number of carbonyl (C=O) groups is 1. The van der Waals surface area contributed by atoms with Gasteiger partial charge in [0.15, 0.2) is 0 Å². The summed E-state index contributed by atoms with van der Waals surface area (Å²) in [6.07, 6.45) is 4.78. The fraction of sp³-hybridized carbons (Fsp3) is 0.100. The smallest absolute Gasteiger partial charge is 0.281 e. The molecule has 0 unspecified atom stereocenters. The lowest BCUT2D eigenvalue weighted by atomic mass is 10.1. The molecule has 8 heteroatoms. The predicted molar refractivity (Wildman–Crippen MR) is 107 cm³/mol. The highest BCUT2D eigenvalue weighted by atomic mass is 35.5. The van der Waals surface area contributed by atoms with Crippen molar-refractivity contribution in [3.8, 4) is 11.3 Å². The van der Waals surface area contributed by atoms with Crippen LogP contribution in [0.15, 0.2) is 70.5 Å². The van der Waals surface area contributed by atoms with Gasteiger partial charge in [0.1, 0.15) is 11.6 Å². The molecule has 3 aromatic heterocycles. The van der Waals surface area contributed by atoms with Crippen LogP contribution in [-0.4, -0.2) is 27.0 Å². The number of nitrogens with zero attached hydrogens (tertiary/aromatic N) is 4. The van der Waals surface area contributed by atoms with Gasteiger partial charge in [-0.2, -0.15) is 4.99 Å². The van der Waals surface area contributed by atoms with Crippen LogP contribution in [0.4, 0.5) is 5.82 Å². The van der Waals surface area contributed by atoms with Crippen LogP contribution in [0.1, 0.15) is 10.4 Å². The van der Waals surface area contributed by atoms with Crippen LogP contribution < -0.4 is 10.9 Å². The van der Waals surface area contributed by atoms with E-state index < -0.39 is 0 Å². The number of nitrogens with one attached hydrogen (secondary N) is 1. The molecule has 28 heavy (non-hydrogen) atoms. The number of aromatic nitrogens is 3.